The van der Waals surface area contributed by atoms with Crippen LogP contribution in [0.25, 0.3) is 0 Å². The Hall–Kier alpha value is -5.33. The molecule has 7 rings (SSSR count). The van der Waals surface area contributed by atoms with Gasteiger partial charge in [-0.15, -0.1) is 0 Å². The lowest BCUT2D eigenvalue weighted by molar-refractivity contribution is -0.137. The van der Waals surface area contributed by atoms with E-state index in [0.717, 1.165) is 56.2 Å². The van der Waals surface area contributed by atoms with Crippen molar-refractivity contribution >= 4 is 40.6 Å². The smallest absolute Gasteiger partial charge is 0.326 e. The van der Waals surface area contributed by atoms with E-state index in [1.165, 1.54) is 11.0 Å². The van der Waals surface area contributed by atoms with Gasteiger partial charge in [0.05, 0.1) is 40.4 Å². The summed E-state index contributed by atoms with van der Waals surface area (Å²) < 4.78 is 39.6. The maximum absolute atomic E-state index is 13.2. The van der Waals surface area contributed by atoms with Crippen LogP contribution in [0.5, 0.6) is 0 Å². The fourth-order valence-electron chi connectivity index (χ4n) is 6.87. The molecule has 2 spiro atoms. The number of rotatable bonds is 5. The van der Waals surface area contributed by atoms with Crippen molar-refractivity contribution in [2.75, 3.05) is 6.54 Å². The van der Waals surface area contributed by atoms with Crippen LogP contribution in [-0.2, 0) is 15.8 Å². The molecule has 0 unspecified atom stereocenters. The van der Waals surface area contributed by atoms with Gasteiger partial charge in [-0.25, -0.2) is 0 Å². The summed E-state index contributed by atoms with van der Waals surface area (Å²) in [6.07, 6.45) is 2.17. The first-order chi connectivity index (χ1) is 23.9. The van der Waals surface area contributed by atoms with E-state index in [2.05, 4.69) is 21.4 Å². The predicted molar refractivity (Wildman–Crippen MR) is 178 cm³/mol. The van der Waals surface area contributed by atoms with Crippen molar-refractivity contribution in [3.8, 4) is 12.1 Å². The first-order valence-corrected chi connectivity index (χ1v) is 16.5. The van der Waals surface area contributed by atoms with E-state index < -0.39 is 34.1 Å². The second-order valence-corrected chi connectivity index (χ2v) is 13.1. The molecule has 13 heteroatoms. The SMILES string of the molecule is N#Cc1ccc(C2=NC3(CCCC3)N(CC(=O)c3ccc(Cl)c(C(F)(F)F)c3)C2=O)cc1.N#Cc1ccc(C2=NC3(CCCC3)NC2=O)cc1. The third-order valence-corrected chi connectivity index (χ3v) is 9.79. The zero-order valence-electron chi connectivity index (χ0n) is 26.7. The number of nitrogens with zero attached hydrogens (tertiary/aromatic N) is 5. The number of halogens is 4. The monoisotopic (exact) mass is 698 g/mol. The van der Waals surface area contributed by atoms with Gasteiger partial charge < -0.3 is 10.2 Å². The summed E-state index contributed by atoms with van der Waals surface area (Å²) in [5, 5.41) is 20.2. The van der Waals surface area contributed by atoms with Crippen molar-refractivity contribution < 1.29 is 27.6 Å². The van der Waals surface area contributed by atoms with Crippen LogP contribution in [0.4, 0.5) is 13.2 Å². The number of nitrogens with one attached hydrogen (secondary N) is 1. The number of alkyl halides is 3. The summed E-state index contributed by atoms with van der Waals surface area (Å²) >= 11 is 5.65. The highest BCUT2D eigenvalue weighted by Crippen LogP contribution is 2.42. The third-order valence-electron chi connectivity index (χ3n) is 9.46. The Labute approximate surface area is 291 Å². The van der Waals surface area contributed by atoms with Crippen LogP contribution in [0.15, 0.2) is 76.7 Å². The average molecular weight is 699 g/mol. The lowest BCUT2D eigenvalue weighted by atomic mass is 10.0. The van der Waals surface area contributed by atoms with Crippen molar-refractivity contribution in [3.63, 3.8) is 0 Å². The number of hydrogen-bond donors (Lipinski definition) is 1. The van der Waals surface area contributed by atoms with E-state index in [9.17, 15) is 27.6 Å². The van der Waals surface area contributed by atoms with Crippen molar-refractivity contribution in [3.05, 3.63) is 105 Å². The van der Waals surface area contributed by atoms with Gasteiger partial charge in [-0.05, 0) is 93.8 Å². The van der Waals surface area contributed by atoms with E-state index in [1.807, 2.05) is 6.07 Å². The highest BCUT2D eigenvalue weighted by molar-refractivity contribution is 6.47. The summed E-state index contributed by atoms with van der Waals surface area (Å²) in [6.45, 7) is -0.388. The van der Waals surface area contributed by atoms with Crippen LogP contribution < -0.4 is 5.32 Å². The van der Waals surface area contributed by atoms with E-state index in [0.29, 0.717) is 35.2 Å². The number of aliphatic imine (C=N–C) groups is 2. The number of carbonyl (C=O) groups is 3. The van der Waals surface area contributed by atoms with E-state index >= 15 is 0 Å². The largest absolute Gasteiger partial charge is 0.417 e. The fourth-order valence-corrected chi connectivity index (χ4v) is 7.10. The molecule has 2 saturated carbocycles. The average Bonchev–Trinajstić information content (AvgIpc) is 3.90. The summed E-state index contributed by atoms with van der Waals surface area (Å²) in [4.78, 5) is 48.8. The minimum atomic E-state index is -4.70. The molecule has 9 nitrogen and oxygen atoms in total. The van der Waals surface area contributed by atoms with E-state index in [-0.39, 0.29) is 29.4 Å². The molecule has 0 saturated heterocycles. The Morgan fingerprint density at radius 1 is 0.820 bits per heavy atom. The molecule has 2 aliphatic heterocycles. The van der Waals surface area contributed by atoms with Crippen LogP contribution in [0.1, 0.15) is 89.5 Å². The zero-order chi connectivity index (χ0) is 35.7. The van der Waals surface area contributed by atoms with Gasteiger partial charge in [-0.1, -0.05) is 35.9 Å². The van der Waals surface area contributed by atoms with Crippen molar-refractivity contribution in [1.29, 1.82) is 10.5 Å². The molecule has 0 bridgehead atoms. The molecule has 2 aliphatic carbocycles. The molecule has 3 aromatic carbocycles. The molecule has 2 fully saturated rings. The number of hydrogen-bond acceptors (Lipinski definition) is 7. The maximum atomic E-state index is 13.2. The summed E-state index contributed by atoms with van der Waals surface area (Å²) in [6, 6.07) is 20.4. The molecule has 2 amide bonds. The van der Waals surface area contributed by atoms with Gasteiger partial charge in [0.1, 0.15) is 22.7 Å². The third kappa shape index (κ3) is 6.76. The van der Waals surface area contributed by atoms with Crippen molar-refractivity contribution in [1.82, 2.24) is 10.2 Å². The Kier molecular flexibility index (Phi) is 9.34. The maximum Gasteiger partial charge on any atom is 0.417 e. The van der Waals surface area contributed by atoms with Crippen molar-refractivity contribution in [2.45, 2.75) is 68.9 Å². The number of ketones is 1. The van der Waals surface area contributed by atoms with Gasteiger partial charge in [0.2, 0.25) is 0 Å². The lowest BCUT2D eigenvalue weighted by Gasteiger charge is -2.32. The number of Topliss-reactive ketones (excluding diaryl/α,β-unsaturated/α-hetero) is 1. The topological polar surface area (TPSA) is 139 Å². The van der Waals surface area contributed by atoms with Gasteiger partial charge >= 0.3 is 6.18 Å². The minimum Gasteiger partial charge on any atom is -0.326 e. The van der Waals surface area contributed by atoms with Crippen LogP contribution in [-0.4, -0.2) is 51.8 Å². The molecule has 254 valence electrons. The molecular weight excluding hydrogens is 669 g/mol. The second-order valence-electron chi connectivity index (χ2n) is 12.7. The standard InChI is InChI=1S/C23H17ClF3N3O2.C14H13N3O/c24-18-8-7-16(11-17(18)23(25,26)27)19(31)13-30-21(32)20(29-22(30)9-1-2-10-22)15-5-3-14(12-28)4-6-15;15-9-10-3-5-11(6-4-10)12-13(18)17-14(16-12)7-1-2-8-14/h3-8,11H,1-2,9-10,13H2;3-6H,1-2,7-8H2,(H,17,18). The van der Waals surface area contributed by atoms with Crippen LogP contribution in [0, 0.1) is 22.7 Å². The first kappa shape index (κ1) is 34.5. The molecule has 2 heterocycles. The highest BCUT2D eigenvalue weighted by atomic mass is 35.5. The number of carbonyl (C=O) groups excluding carboxylic acids is 3. The molecule has 1 N–H and O–H groups in total. The van der Waals surface area contributed by atoms with E-state index in [4.69, 9.17) is 22.1 Å². The summed E-state index contributed by atoms with van der Waals surface area (Å²) in [7, 11) is 0. The first-order valence-electron chi connectivity index (χ1n) is 16.1. The second kappa shape index (κ2) is 13.5. The van der Waals surface area contributed by atoms with E-state index in [1.54, 1.807) is 48.5 Å². The Morgan fingerprint density at radius 2 is 1.36 bits per heavy atom. The molecule has 4 aliphatic rings. The van der Waals surface area contributed by atoms with Crippen LogP contribution >= 0.6 is 11.6 Å². The van der Waals surface area contributed by atoms with Crippen LogP contribution in [0.2, 0.25) is 5.02 Å². The molecule has 50 heavy (non-hydrogen) atoms. The van der Waals surface area contributed by atoms with Crippen LogP contribution in [0.3, 0.4) is 0 Å². The number of amides is 2. The molecule has 0 atom stereocenters. The van der Waals surface area contributed by atoms with Gasteiger partial charge in [0, 0.05) is 16.7 Å². The van der Waals surface area contributed by atoms with Gasteiger partial charge in [0.25, 0.3) is 11.8 Å². The van der Waals surface area contributed by atoms with Gasteiger partial charge in [0.15, 0.2) is 5.78 Å². The van der Waals surface area contributed by atoms with Gasteiger partial charge in [-0.3, -0.25) is 24.4 Å². The molecule has 3 aromatic rings. The Bertz CT molecular complexity index is 2000. The summed E-state index contributed by atoms with van der Waals surface area (Å²) in [5.74, 6) is -1.17. The fraction of sp³-hybridized carbons (Fsp3) is 0.324. The predicted octanol–water partition coefficient (Wildman–Crippen LogP) is 6.76. The quantitative estimate of drug-likeness (QED) is 0.293. The normalized spacial score (nSPS) is 18.6. The van der Waals surface area contributed by atoms with Crippen molar-refractivity contribution in [2.24, 2.45) is 9.98 Å². The Balaban J connectivity index is 0.000000202. The molecule has 0 radical (unpaired) electrons. The zero-order valence-corrected chi connectivity index (χ0v) is 27.4. The lowest BCUT2D eigenvalue weighted by Crippen LogP contribution is -2.47. The highest BCUT2D eigenvalue weighted by Gasteiger charge is 2.49. The minimum absolute atomic E-state index is 0.0957. The molecule has 0 aromatic heterocycles. The number of nitriles is 2. The Morgan fingerprint density at radius 3 is 1.90 bits per heavy atom. The van der Waals surface area contributed by atoms with Gasteiger partial charge in [-0.2, -0.15) is 23.7 Å². The number of benzene rings is 3. The molecular formula is C37H30ClF3N6O3. The summed E-state index contributed by atoms with van der Waals surface area (Å²) in [5.41, 5.74) is 0.542.